The highest BCUT2D eigenvalue weighted by Gasteiger charge is 2.49. The molecule has 1 aliphatic heterocycles. The molecule has 1 fully saturated rings. The third-order valence-electron chi connectivity index (χ3n) is 8.77. The number of nitrogens with one attached hydrogen (secondary N) is 3. The third-order valence-corrected chi connectivity index (χ3v) is 11.2. The van der Waals surface area contributed by atoms with Crippen molar-refractivity contribution in [1.82, 2.24) is 20.3 Å². The maximum absolute atomic E-state index is 13.9. The van der Waals surface area contributed by atoms with E-state index < -0.39 is 44.7 Å². The fourth-order valence-corrected chi connectivity index (χ4v) is 8.42. The molecule has 3 aromatic carbocycles. The lowest BCUT2D eigenvalue weighted by atomic mass is 10.00. The fourth-order valence-electron chi connectivity index (χ4n) is 6.19. The third kappa shape index (κ3) is 10.6. The number of benzene rings is 3. The van der Waals surface area contributed by atoms with E-state index in [9.17, 15) is 27.6 Å². The van der Waals surface area contributed by atoms with Crippen LogP contribution in [0.15, 0.2) is 78.9 Å². The van der Waals surface area contributed by atoms with Crippen molar-refractivity contribution >= 4 is 33.7 Å². The predicted molar refractivity (Wildman–Crippen MR) is 196 cm³/mol. The van der Waals surface area contributed by atoms with Gasteiger partial charge in [0.1, 0.15) is 23.1 Å². The van der Waals surface area contributed by atoms with Crippen LogP contribution in [0.25, 0.3) is 0 Å². The van der Waals surface area contributed by atoms with Gasteiger partial charge in [0.15, 0.2) is 0 Å². The second-order valence-electron chi connectivity index (χ2n) is 13.9. The van der Waals surface area contributed by atoms with E-state index in [2.05, 4.69) is 22.9 Å². The van der Waals surface area contributed by atoms with E-state index in [1.165, 1.54) is 0 Å². The molecule has 0 spiro atoms. The number of ether oxygens (including phenoxy) is 1. The number of amides is 4. The van der Waals surface area contributed by atoms with Gasteiger partial charge in [0.2, 0.25) is 33.7 Å². The van der Waals surface area contributed by atoms with Gasteiger partial charge in [-0.15, -0.1) is 0 Å². The molecule has 1 saturated heterocycles. The SMILES string of the molecule is CCCCCNC(=O)[C@H](Cc1ccc(C2CC(=O)N(C(C)(C)C)S2(=O)=O)cc1)NC(=O)[C@H](Cc1ccccc1)NC(=O)Cc1ccc(OC)cc1. The van der Waals surface area contributed by atoms with Gasteiger partial charge in [-0.1, -0.05) is 86.5 Å². The van der Waals surface area contributed by atoms with Crippen LogP contribution in [0.5, 0.6) is 5.75 Å². The van der Waals surface area contributed by atoms with Gasteiger partial charge in [-0.05, 0) is 61.6 Å². The summed E-state index contributed by atoms with van der Waals surface area (Å²) in [6.07, 6.45) is 2.94. The zero-order valence-electron chi connectivity index (χ0n) is 30.1. The van der Waals surface area contributed by atoms with Crippen molar-refractivity contribution in [2.45, 2.75) is 95.5 Å². The standard InChI is InChI=1S/C39H50N4O7S/c1-6-7-11-22-40-37(46)32(24-28-14-18-30(19-15-28)34-26-36(45)43(39(2,3)4)51(34,48)49)42-38(47)33(23-27-12-9-8-10-13-27)41-35(44)25-29-16-20-31(50-5)21-17-29/h8-10,12-21,32-34H,6-7,11,22-26H2,1-5H3,(H,40,46)(H,41,44)(H,42,47)/t32-,33-,34?/m0/s1. The number of carbonyl (C=O) groups is 4. The largest absolute Gasteiger partial charge is 0.497 e. The average molecular weight is 719 g/mol. The van der Waals surface area contributed by atoms with Crippen molar-refractivity contribution in [3.8, 4) is 5.75 Å². The van der Waals surface area contributed by atoms with Gasteiger partial charge < -0.3 is 20.7 Å². The van der Waals surface area contributed by atoms with Crippen LogP contribution in [0.2, 0.25) is 0 Å². The second kappa shape index (κ2) is 17.5. The monoisotopic (exact) mass is 718 g/mol. The summed E-state index contributed by atoms with van der Waals surface area (Å²) >= 11 is 0. The van der Waals surface area contributed by atoms with Crippen molar-refractivity contribution in [3.05, 3.63) is 101 Å². The molecule has 12 heteroatoms. The summed E-state index contributed by atoms with van der Waals surface area (Å²) in [4.78, 5) is 53.4. The van der Waals surface area contributed by atoms with E-state index in [-0.39, 0.29) is 37.5 Å². The van der Waals surface area contributed by atoms with Gasteiger partial charge in [0, 0.05) is 19.4 Å². The first-order chi connectivity index (χ1) is 24.2. The van der Waals surface area contributed by atoms with Crippen molar-refractivity contribution in [3.63, 3.8) is 0 Å². The first-order valence-electron chi connectivity index (χ1n) is 17.4. The lowest BCUT2D eigenvalue weighted by Gasteiger charge is -2.30. The molecule has 11 nitrogen and oxygen atoms in total. The molecule has 51 heavy (non-hydrogen) atoms. The smallest absolute Gasteiger partial charge is 0.245 e. The summed E-state index contributed by atoms with van der Waals surface area (Å²) in [5.74, 6) is -1.00. The molecule has 0 aliphatic carbocycles. The Balaban J connectivity index is 1.53. The first kappa shape index (κ1) is 39.1. The molecule has 3 N–H and O–H groups in total. The van der Waals surface area contributed by atoms with Crippen molar-refractivity contribution < 1.29 is 32.3 Å². The lowest BCUT2D eigenvalue weighted by Crippen LogP contribution is -2.55. The van der Waals surface area contributed by atoms with Gasteiger partial charge in [0.05, 0.1) is 25.5 Å². The van der Waals surface area contributed by atoms with Gasteiger partial charge in [-0.2, -0.15) is 0 Å². The molecule has 3 atom stereocenters. The van der Waals surface area contributed by atoms with Crippen molar-refractivity contribution in [1.29, 1.82) is 0 Å². The van der Waals surface area contributed by atoms with E-state index in [1.807, 2.05) is 30.3 Å². The number of sulfonamides is 1. The molecule has 4 rings (SSSR count). The molecule has 0 radical (unpaired) electrons. The summed E-state index contributed by atoms with van der Waals surface area (Å²) < 4.78 is 32.9. The normalized spacial score (nSPS) is 16.6. The maximum atomic E-state index is 13.9. The summed E-state index contributed by atoms with van der Waals surface area (Å²) in [5, 5.41) is 7.69. The van der Waals surface area contributed by atoms with Crippen LogP contribution in [0.3, 0.4) is 0 Å². The summed E-state index contributed by atoms with van der Waals surface area (Å²) in [6, 6.07) is 21.2. The Bertz CT molecular complexity index is 1760. The number of carbonyl (C=O) groups excluding carboxylic acids is 4. The topological polar surface area (TPSA) is 151 Å². The van der Waals surface area contributed by atoms with Crippen LogP contribution in [0.1, 0.15) is 80.9 Å². The van der Waals surface area contributed by atoms with Crippen LogP contribution < -0.4 is 20.7 Å². The second-order valence-corrected chi connectivity index (χ2v) is 15.9. The molecule has 1 aliphatic rings. The Kier molecular flexibility index (Phi) is 13.4. The minimum atomic E-state index is -3.91. The lowest BCUT2D eigenvalue weighted by molar-refractivity contribution is -0.132. The molecule has 1 heterocycles. The Morgan fingerprint density at radius 1 is 0.824 bits per heavy atom. The molecule has 0 saturated carbocycles. The van der Waals surface area contributed by atoms with E-state index >= 15 is 0 Å². The van der Waals surface area contributed by atoms with Crippen LogP contribution >= 0.6 is 0 Å². The quantitative estimate of drug-likeness (QED) is 0.186. The Morgan fingerprint density at radius 3 is 1.98 bits per heavy atom. The number of hydrogen-bond donors (Lipinski definition) is 3. The van der Waals surface area contributed by atoms with Crippen LogP contribution in [-0.4, -0.2) is 67.6 Å². The minimum absolute atomic E-state index is 0.0477. The maximum Gasteiger partial charge on any atom is 0.245 e. The predicted octanol–water partition coefficient (Wildman–Crippen LogP) is 4.40. The van der Waals surface area contributed by atoms with E-state index in [1.54, 1.807) is 76.4 Å². The van der Waals surface area contributed by atoms with Crippen LogP contribution in [-0.2, 0) is 48.5 Å². The Morgan fingerprint density at radius 2 is 1.41 bits per heavy atom. The molecule has 274 valence electrons. The molecular weight excluding hydrogens is 669 g/mol. The summed E-state index contributed by atoms with van der Waals surface area (Å²) in [6.45, 7) is 7.57. The van der Waals surface area contributed by atoms with Gasteiger partial charge in [-0.3, -0.25) is 19.2 Å². The number of unbranched alkanes of at least 4 members (excludes halogenated alkanes) is 2. The van der Waals surface area contributed by atoms with Crippen LogP contribution in [0.4, 0.5) is 0 Å². The van der Waals surface area contributed by atoms with E-state index in [0.29, 0.717) is 23.4 Å². The van der Waals surface area contributed by atoms with Gasteiger partial charge in [-0.25, -0.2) is 12.7 Å². The van der Waals surface area contributed by atoms with Gasteiger partial charge in [0.25, 0.3) is 0 Å². The highest BCUT2D eigenvalue weighted by atomic mass is 32.2. The molecule has 3 aromatic rings. The van der Waals surface area contributed by atoms with Crippen molar-refractivity contribution in [2.24, 2.45) is 0 Å². The highest BCUT2D eigenvalue weighted by molar-refractivity contribution is 7.90. The molecular formula is C39H50N4O7S. The Hall–Kier alpha value is -4.71. The molecule has 4 amide bonds. The number of rotatable bonds is 16. The highest BCUT2D eigenvalue weighted by Crippen LogP contribution is 2.40. The number of hydrogen-bond acceptors (Lipinski definition) is 7. The zero-order valence-corrected chi connectivity index (χ0v) is 30.9. The number of methoxy groups -OCH3 is 1. The van der Waals surface area contributed by atoms with Crippen LogP contribution in [0, 0.1) is 0 Å². The minimum Gasteiger partial charge on any atom is -0.497 e. The zero-order chi connectivity index (χ0) is 37.2. The Labute approximate surface area is 301 Å². The molecule has 1 unspecified atom stereocenters. The number of nitrogens with zero attached hydrogens (tertiary/aromatic N) is 1. The average Bonchev–Trinajstić information content (AvgIpc) is 3.34. The van der Waals surface area contributed by atoms with Gasteiger partial charge >= 0.3 is 0 Å². The molecule has 0 aromatic heterocycles. The summed E-state index contributed by atoms with van der Waals surface area (Å²) in [5.41, 5.74) is 1.87. The van der Waals surface area contributed by atoms with Crippen molar-refractivity contribution in [2.75, 3.05) is 13.7 Å². The fraction of sp³-hybridized carbons (Fsp3) is 0.436. The van der Waals surface area contributed by atoms with E-state index in [4.69, 9.17) is 4.74 Å². The first-order valence-corrected chi connectivity index (χ1v) is 18.9. The summed E-state index contributed by atoms with van der Waals surface area (Å²) in [7, 11) is -2.35. The van der Waals surface area contributed by atoms with E-state index in [0.717, 1.165) is 34.7 Å². The molecule has 0 bridgehead atoms.